The van der Waals surface area contributed by atoms with Crippen LogP contribution in [0.3, 0.4) is 0 Å². The third-order valence-corrected chi connectivity index (χ3v) is 1.98. The first kappa shape index (κ1) is 7.68. The van der Waals surface area contributed by atoms with E-state index in [1.807, 2.05) is 12.1 Å². The van der Waals surface area contributed by atoms with E-state index in [4.69, 9.17) is 5.11 Å². The van der Waals surface area contributed by atoms with Gasteiger partial charge >= 0.3 is 69.2 Å². The molecule has 52 valence electrons. The summed E-state index contributed by atoms with van der Waals surface area (Å²) in [6, 6.07) is 7.32. The van der Waals surface area contributed by atoms with Gasteiger partial charge in [0.1, 0.15) is 0 Å². The molecule has 1 nitrogen and oxygen atoms in total. The van der Waals surface area contributed by atoms with Crippen molar-refractivity contribution in [3.05, 3.63) is 29.8 Å². The van der Waals surface area contributed by atoms with Crippen molar-refractivity contribution in [2.75, 3.05) is 0 Å². The van der Waals surface area contributed by atoms with Crippen LogP contribution in [0.25, 0.3) is 0 Å². The third-order valence-electron chi connectivity index (χ3n) is 1.35. The summed E-state index contributed by atoms with van der Waals surface area (Å²) in [6.45, 7) is 2.08. The quantitative estimate of drug-likeness (QED) is 0.676. The van der Waals surface area contributed by atoms with E-state index in [1.165, 1.54) is 0 Å². The molecule has 1 aromatic rings. The van der Waals surface area contributed by atoms with Gasteiger partial charge in [-0.15, -0.1) is 0 Å². The second-order valence-electron chi connectivity index (χ2n) is 2.27. The topological polar surface area (TPSA) is 20.2 Å². The normalized spacial score (nSPS) is 13.0. The summed E-state index contributed by atoms with van der Waals surface area (Å²) < 4.78 is 0.430. The number of rotatable bonds is 1. The molecule has 0 bridgehead atoms. The first-order valence-corrected chi connectivity index (χ1v) is 4.25. The Hall–Kier alpha value is -0.422. The summed E-state index contributed by atoms with van der Waals surface area (Å²) in [4.78, 5) is 0. The molecule has 0 aliphatic heterocycles. The van der Waals surface area contributed by atoms with Gasteiger partial charge in [-0.2, -0.15) is 0 Å². The zero-order chi connectivity index (χ0) is 7.56. The molecule has 2 radical (unpaired) electrons. The predicted octanol–water partition coefficient (Wildman–Crippen LogP) is 1.62. The van der Waals surface area contributed by atoms with Crippen molar-refractivity contribution < 1.29 is 5.11 Å². The molecule has 10 heavy (non-hydrogen) atoms. The molecule has 0 saturated carbocycles. The second kappa shape index (κ2) is 3.11. The fourth-order valence-electron chi connectivity index (χ4n) is 0.785. The zero-order valence-corrected chi connectivity index (χ0v) is 7.66. The Morgan fingerprint density at radius 2 is 2.20 bits per heavy atom. The Balaban J connectivity index is 2.96. The van der Waals surface area contributed by atoms with Gasteiger partial charge in [-0.3, -0.25) is 0 Å². The third kappa shape index (κ3) is 1.78. The molecule has 1 aromatic carbocycles. The van der Waals surface area contributed by atoms with Gasteiger partial charge in [0, 0.05) is 0 Å². The Labute approximate surface area is 69.6 Å². The van der Waals surface area contributed by atoms with Crippen molar-refractivity contribution in [3.63, 3.8) is 0 Å². The molecule has 0 fully saturated rings. The summed E-state index contributed by atoms with van der Waals surface area (Å²) in [7, 11) is 0. The second-order valence-corrected chi connectivity index (χ2v) is 3.90. The van der Waals surface area contributed by atoms with E-state index < -0.39 is 0 Å². The van der Waals surface area contributed by atoms with Gasteiger partial charge in [-0.25, -0.2) is 0 Å². The molecule has 2 heteroatoms. The SMILES string of the molecule is CC([As])c1cccc(O)c1. The predicted molar refractivity (Wildman–Crippen MR) is 42.3 cm³/mol. The van der Waals surface area contributed by atoms with Gasteiger partial charge in [0.25, 0.3) is 0 Å². The molecular formula is C8H9AsO. The molecule has 0 aliphatic rings. The molecule has 0 spiro atoms. The van der Waals surface area contributed by atoms with E-state index in [-0.39, 0.29) is 0 Å². The van der Waals surface area contributed by atoms with Crippen LogP contribution in [0.1, 0.15) is 17.2 Å². The molecular weight excluding hydrogens is 187 g/mol. The van der Waals surface area contributed by atoms with E-state index in [9.17, 15) is 0 Å². The van der Waals surface area contributed by atoms with Gasteiger partial charge < -0.3 is 0 Å². The van der Waals surface area contributed by atoms with Crippen LogP contribution in [-0.2, 0) is 0 Å². The fraction of sp³-hybridized carbons (Fsp3) is 0.250. The van der Waals surface area contributed by atoms with Gasteiger partial charge in [0.05, 0.1) is 0 Å². The number of hydrogen-bond donors (Lipinski definition) is 1. The molecule has 1 rings (SSSR count). The van der Waals surface area contributed by atoms with Crippen LogP contribution in [0.4, 0.5) is 0 Å². The Kier molecular flexibility index (Phi) is 2.39. The standard InChI is InChI=1S/C8H9AsO/c1-6(9)7-3-2-4-8(10)5-7/h2-6,10H,1H3. The van der Waals surface area contributed by atoms with Crippen LogP contribution in [0.5, 0.6) is 5.75 Å². The van der Waals surface area contributed by atoms with E-state index in [0.29, 0.717) is 10.5 Å². The summed E-state index contributed by atoms with van der Waals surface area (Å²) >= 11 is 2.54. The summed E-state index contributed by atoms with van der Waals surface area (Å²) in [5, 5.41) is 9.06. The van der Waals surface area contributed by atoms with Crippen LogP contribution < -0.4 is 0 Å². The number of phenols is 1. The Morgan fingerprint density at radius 1 is 1.50 bits per heavy atom. The van der Waals surface area contributed by atoms with Crippen molar-refractivity contribution in [2.24, 2.45) is 0 Å². The van der Waals surface area contributed by atoms with Crippen LogP contribution >= 0.6 is 0 Å². The number of benzene rings is 1. The van der Waals surface area contributed by atoms with Crippen LogP contribution in [0, 0.1) is 0 Å². The molecule has 1 N–H and O–H groups in total. The number of hydrogen-bond acceptors (Lipinski definition) is 1. The van der Waals surface area contributed by atoms with E-state index in [1.54, 1.807) is 12.1 Å². The van der Waals surface area contributed by atoms with E-state index >= 15 is 0 Å². The summed E-state index contributed by atoms with van der Waals surface area (Å²) in [5.74, 6) is 0.343. The van der Waals surface area contributed by atoms with Gasteiger partial charge in [-0.05, 0) is 0 Å². The maximum absolute atomic E-state index is 9.06. The van der Waals surface area contributed by atoms with Crippen LogP contribution in [-0.4, -0.2) is 22.0 Å². The molecule has 0 heterocycles. The molecule has 0 amide bonds. The maximum atomic E-state index is 9.06. The molecule has 0 saturated heterocycles. The zero-order valence-electron chi connectivity index (χ0n) is 5.78. The average Bonchev–Trinajstić information content (AvgIpc) is 1.88. The summed E-state index contributed by atoms with van der Waals surface area (Å²) in [5.41, 5.74) is 1.15. The van der Waals surface area contributed by atoms with Crippen LogP contribution in [0.2, 0.25) is 0 Å². The Morgan fingerprint density at radius 3 is 2.60 bits per heavy atom. The van der Waals surface area contributed by atoms with Gasteiger partial charge in [0.15, 0.2) is 0 Å². The Bertz CT molecular complexity index is 220. The summed E-state index contributed by atoms with van der Waals surface area (Å²) in [6.07, 6.45) is 0. The first-order chi connectivity index (χ1) is 4.70. The molecule has 1 atom stereocenters. The first-order valence-electron chi connectivity index (χ1n) is 3.17. The monoisotopic (exact) mass is 196 g/mol. The minimum atomic E-state index is 0.343. The molecule has 1 unspecified atom stereocenters. The number of aromatic hydroxyl groups is 1. The van der Waals surface area contributed by atoms with E-state index in [0.717, 1.165) is 5.56 Å². The number of phenolic OH excluding ortho intramolecular Hbond substituents is 1. The minimum absolute atomic E-state index is 0.343. The van der Waals surface area contributed by atoms with Gasteiger partial charge in [-0.1, -0.05) is 0 Å². The van der Waals surface area contributed by atoms with Crippen molar-refractivity contribution in [1.29, 1.82) is 0 Å². The van der Waals surface area contributed by atoms with Crippen molar-refractivity contribution in [2.45, 2.75) is 11.6 Å². The van der Waals surface area contributed by atoms with Crippen molar-refractivity contribution in [3.8, 4) is 5.75 Å². The fourth-order valence-corrected chi connectivity index (χ4v) is 1.12. The van der Waals surface area contributed by atoms with Crippen LogP contribution in [0.15, 0.2) is 24.3 Å². The van der Waals surface area contributed by atoms with E-state index in [2.05, 4.69) is 23.8 Å². The van der Waals surface area contributed by atoms with Gasteiger partial charge in [0.2, 0.25) is 0 Å². The average molecular weight is 196 g/mol. The molecule has 0 aromatic heterocycles. The molecule has 0 aliphatic carbocycles. The van der Waals surface area contributed by atoms with Crippen molar-refractivity contribution in [1.82, 2.24) is 0 Å². The van der Waals surface area contributed by atoms with Crippen molar-refractivity contribution >= 4 is 16.9 Å².